The maximum absolute atomic E-state index is 13.2. The van der Waals surface area contributed by atoms with Crippen molar-refractivity contribution in [3.8, 4) is 0 Å². The summed E-state index contributed by atoms with van der Waals surface area (Å²) in [5.74, 6) is -2.66. The second kappa shape index (κ2) is 6.27. The Morgan fingerprint density at radius 1 is 1.29 bits per heavy atom. The smallest absolute Gasteiger partial charge is 0.257 e. The summed E-state index contributed by atoms with van der Waals surface area (Å²) >= 11 is 0. The highest BCUT2D eigenvalue weighted by molar-refractivity contribution is 5.94. The van der Waals surface area contributed by atoms with Gasteiger partial charge in [0.1, 0.15) is 17.2 Å². The molecule has 0 fully saturated rings. The molecule has 1 rings (SSSR count). The minimum atomic E-state index is -0.908. The summed E-state index contributed by atoms with van der Waals surface area (Å²) < 4.78 is 36.1. The first-order chi connectivity index (χ1) is 8.10. The van der Waals surface area contributed by atoms with E-state index in [4.69, 9.17) is 9.47 Å². The molecule has 0 heterocycles. The summed E-state index contributed by atoms with van der Waals surface area (Å²) in [7, 11) is 2.79. The SMILES string of the molecule is COC(CNC(=O)c1c(F)cccc1F)OC. The van der Waals surface area contributed by atoms with Gasteiger partial charge in [0.15, 0.2) is 6.29 Å². The van der Waals surface area contributed by atoms with Crippen molar-refractivity contribution in [3.63, 3.8) is 0 Å². The number of hydrogen-bond acceptors (Lipinski definition) is 3. The molecule has 6 heteroatoms. The molecule has 0 bridgehead atoms. The van der Waals surface area contributed by atoms with Crippen LogP contribution in [0.2, 0.25) is 0 Å². The minimum Gasteiger partial charge on any atom is -0.354 e. The van der Waals surface area contributed by atoms with Gasteiger partial charge in [0, 0.05) is 14.2 Å². The van der Waals surface area contributed by atoms with Gasteiger partial charge >= 0.3 is 0 Å². The normalized spacial score (nSPS) is 10.6. The maximum atomic E-state index is 13.2. The largest absolute Gasteiger partial charge is 0.354 e. The van der Waals surface area contributed by atoms with Gasteiger partial charge in [-0.15, -0.1) is 0 Å². The summed E-state index contributed by atoms with van der Waals surface area (Å²) in [6.45, 7) is -0.000389. The van der Waals surface area contributed by atoms with E-state index in [1.165, 1.54) is 20.3 Å². The van der Waals surface area contributed by atoms with Crippen molar-refractivity contribution in [2.45, 2.75) is 6.29 Å². The van der Waals surface area contributed by atoms with E-state index in [1.807, 2.05) is 0 Å². The third-order valence-corrected chi connectivity index (χ3v) is 2.14. The van der Waals surface area contributed by atoms with E-state index < -0.39 is 29.4 Å². The lowest BCUT2D eigenvalue weighted by Crippen LogP contribution is -2.35. The lowest BCUT2D eigenvalue weighted by Gasteiger charge is -2.14. The van der Waals surface area contributed by atoms with Crippen molar-refractivity contribution < 1.29 is 23.0 Å². The Bertz CT molecular complexity index is 374. The van der Waals surface area contributed by atoms with E-state index in [2.05, 4.69) is 5.32 Å². The van der Waals surface area contributed by atoms with Crippen LogP contribution >= 0.6 is 0 Å². The number of nitrogens with one attached hydrogen (secondary N) is 1. The van der Waals surface area contributed by atoms with Gasteiger partial charge in [-0.25, -0.2) is 8.78 Å². The molecule has 0 atom stereocenters. The van der Waals surface area contributed by atoms with Crippen molar-refractivity contribution in [3.05, 3.63) is 35.4 Å². The number of carbonyl (C=O) groups excluding carboxylic acids is 1. The van der Waals surface area contributed by atoms with Crippen LogP contribution in [0, 0.1) is 11.6 Å². The van der Waals surface area contributed by atoms with Gasteiger partial charge in [0.05, 0.1) is 6.54 Å². The maximum Gasteiger partial charge on any atom is 0.257 e. The van der Waals surface area contributed by atoms with Gasteiger partial charge in [-0.1, -0.05) is 6.07 Å². The third-order valence-electron chi connectivity index (χ3n) is 2.14. The Labute approximate surface area is 97.5 Å². The zero-order valence-corrected chi connectivity index (χ0v) is 9.50. The first-order valence-corrected chi connectivity index (χ1v) is 4.88. The lowest BCUT2D eigenvalue weighted by molar-refractivity contribution is -0.0974. The average Bonchev–Trinajstić information content (AvgIpc) is 2.30. The molecule has 0 saturated carbocycles. The Morgan fingerprint density at radius 3 is 2.29 bits per heavy atom. The quantitative estimate of drug-likeness (QED) is 0.796. The Hall–Kier alpha value is -1.53. The number of rotatable bonds is 5. The van der Waals surface area contributed by atoms with Crippen LogP contribution in [0.3, 0.4) is 0 Å². The molecule has 1 amide bonds. The van der Waals surface area contributed by atoms with Gasteiger partial charge in [-0.3, -0.25) is 4.79 Å². The Morgan fingerprint density at radius 2 is 1.82 bits per heavy atom. The second-order valence-corrected chi connectivity index (χ2v) is 3.21. The molecule has 94 valence electrons. The number of methoxy groups -OCH3 is 2. The highest BCUT2D eigenvalue weighted by Gasteiger charge is 2.17. The molecular weight excluding hydrogens is 232 g/mol. The van der Waals surface area contributed by atoms with E-state index in [0.29, 0.717) is 0 Å². The molecule has 1 aromatic rings. The van der Waals surface area contributed by atoms with Crippen LogP contribution in [-0.4, -0.2) is 33.0 Å². The van der Waals surface area contributed by atoms with Crippen LogP contribution in [0.5, 0.6) is 0 Å². The predicted octanol–water partition coefficient (Wildman–Crippen LogP) is 1.31. The summed E-state index contributed by atoms with van der Waals surface area (Å²) in [5, 5.41) is 2.31. The van der Waals surface area contributed by atoms with Crippen molar-refractivity contribution >= 4 is 5.91 Å². The standard InChI is InChI=1S/C11H13F2NO3/c1-16-9(17-2)6-14-11(15)10-7(12)4-3-5-8(10)13/h3-5,9H,6H2,1-2H3,(H,14,15). The number of amides is 1. The lowest BCUT2D eigenvalue weighted by atomic mass is 10.2. The van der Waals surface area contributed by atoms with Gasteiger partial charge in [-0.2, -0.15) is 0 Å². The fraction of sp³-hybridized carbons (Fsp3) is 0.364. The van der Waals surface area contributed by atoms with Crippen LogP contribution in [0.1, 0.15) is 10.4 Å². The number of halogens is 2. The molecule has 1 aromatic carbocycles. The van der Waals surface area contributed by atoms with Crippen LogP contribution in [0.4, 0.5) is 8.78 Å². The summed E-state index contributed by atoms with van der Waals surface area (Å²) in [4.78, 5) is 11.5. The van der Waals surface area contributed by atoms with E-state index in [1.54, 1.807) is 0 Å². The van der Waals surface area contributed by atoms with Gasteiger partial charge < -0.3 is 14.8 Å². The topological polar surface area (TPSA) is 47.6 Å². The zero-order valence-electron chi connectivity index (χ0n) is 9.50. The van der Waals surface area contributed by atoms with Crippen LogP contribution < -0.4 is 5.32 Å². The number of carbonyl (C=O) groups is 1. The van der Waals surface area contributed by atoms with Crippen molar-refractivity contribution in [2.24, 2.45) is 0 Å². The van der Waals surface area contributed by atoms with Crippen molar-refractivity contribution in [1.82, 2.24) is 5.32 Å². The van der Waals surface area contributed by atoms with Gasteiger partial charge in [-0.05, 0) is 12.1 Å². The summed E-state index contributed by atoms with van der Waals surface area (Å²) in [6, 6.07) is 3.22. The summed E-state index contributed by atoms with van der Waals surface area (Å²) in [5.41, 5.74) is -0.613. The predicted molar refractivity (Wildman–Crippen MR) is 56.5 cm³/mol. The Balaban J connectivity index is 2.70. The van der Waals surface area contributed by atoms with Crippen LogP contribution in [0.25, 0.3) is 0 Å². The first kappa shape index (κ1) is 13.5. The Kier molecular flexibility index (Phi) is 4.99. The fourth-order valence-electron chi connectivity index (χ4n) is 1.24. The molecule has 0 aliphatic rings. The van der Waals surface area contributed by atoms with Crippen LogP contribution in [0.15, 0.2) is 18.2 Å². The third kappa shape index (κ3) is 3.47. The van der Waals surface area contributed by atoms with E-state index in [9.17, 15) is 13.6 Å². The van der Waals surface area contributed by atoms with Crippen molar-refractivity contribution in [1.29, 1.82) is 0 Å². The first-order valence-electron chi connectivity index (χ1n) is 4.88. The number of benzene rings is 1. The molecule has 4 nitrogen and oxygen atoms in total. The van der Waals surface area contributed by atoms with E-state index in [-0.39, 0.29) is 6.54 Å². The molecule has 0 aromatic heterocycles. The van der Waals surface area contributed by atoms with Gasteiger partial charge in [0.2, 0.25) is 0 Å². The second-order valence-electron chi connectivity index (χ2n) is 3.21. The van der Waals surface area contributed by atoms with E-state index in [0.717, 1.165) is 12.1 Å². The van der Waals surface area contributed by atoms with Crippen molar-refractivity contribution in [2.75, 3.05) is 20.8 Å². The van der Waals surface area contributed by atoms with Crippen LogP contribution in [-0.2, 0) is 9.47 Å². The minimum absolute atomic E-state index is 0.000389. The molecule has 1 N–H and O–H groups in total. The molecule has 0 radical (unpaired) electrons. The average molecular weight is 245 g/mol. The fourth-order valence-corrected chi connectivity index (χ4v) is 1.24. The molecule has 0 aliphatic heterocycles. The highest BCUT2D eigenvalue weighted by Crippen LogP contribution is 2.11. The monoisotopic (exact) mass is 245 g/mol. The molecule has 17 heavy (non-hydrogen) atoms. The van der Waals surface area contributed by atoms with Gasteiger partial charge in [0.25, 0.3) is 5.91 Å². The molecular formula is C11H13F2NO3. The molecule has 0 spiro atoms. The summed E-state index contributed by atoms with van der Waals surface area (Å²) in [6.07, 6.45) is -0.659. The molecule has 0 aliphatic carbocycles. The highest BCUT2D eigenvalue weighted by atomic mass is 19.1. The molecule has 0 unspecified atom stereocenters. The zero-order chi connectivity index (χ0) is 12.8. The number of hydrogen-bond donors (Lipinski definition) is 1. The van der Waals surface area contributed by atoms with E-state index >= 15 is 0 Å². The number of ether oxygens (including phenoxy) is 2. The molecule has 0 saturated heterocycles.